The number of halogens is 1. The molecule has 0 fully saturated rings. The molecule has 5 heteroatoms. The van der Waals surface area contributed by atoms with E-state index in [2.05, 4.69) is 5.32 Å². The Kier molecular flexibility index (Phi) is 6.22. The van der Waals surface area contributed by atoms with Gasteiger partial charge in [-0.3, -0.25) is 4.79 Å². The standard InChI is InChI=1S/C13H20ClNO3/c1-9(2)17-8-4-7-15-13(16)12-6-5-11(18-12)10(3)14/h5-6,9-10H,4,7-8H2,1-3H3,(H,15,16). The number of alkyl halides is 1. The first-order valence-corrected chi connectivity index (χ1v) is 6.58. The van der Waals surface area contributed by atoms with Gasteiger partial charge in [0.2, 0.25) is 0 Å². The molecular weight excluding hydrogens is 254 g/mol. The minimum Gasteiger partial charge on any atom is -0.454 e. The second-order valence-corrected chi connectivity index (χ2v) is 5.00. The van der Waals surface area contributed by atoms with Crippen LogP contribution >= 0.6 is 11.6 Å². The lowest BCUT2D eigenvalue weighted by Crippen LogP contribution is -2.25. The van der Waals surface area contributed by atoms with Gasteiger partial charge in [0, 0.05) is 13.2 Å². The Labute approximate surface area is 113 Å². The molecule has 18 heavy (non-hydrogen) atoms. The number of rotatable bonds is 7. The highest BCUT2D eigenvalue weighted by Gasteiger charge is 2.12. The van der Waals surface area contributed by atoms with Crippen molar-refractivity contribution in [3.8, 4) is 0 Å². The monoisotopic (exact) mass is 273 g/mol. The van der Waals surface area contributed by atoms with Crippen LogP contribution in [0.5, 0.6) is 0 Å². The third kappa shape index (κ3) is 5.10. The van der Waals surface area contributed by atoms with Crippen molar-refractivity contribution in [3.05, 3.63) is 23.7 Å². The van der Waals surface area contributed by atoms with E-state index in [1.54, 1.807) is 19.1 Å². The fraction of sp³-hybridized carbons (Fsp3) is 0.615. The van der Waals surface area contributed by atoms with Gasteiger partial charge >= 0.3 is 0 Å². The van der Waals surface area contributed by atoms with E-state index in [9.17, 15) is 4.79 Å². The molecule has 0 aliphatic carbocycles. The lowest BCUT2D eigenvalue weighted by atomic mass is 10.3. The second-order valence-electron chi connectivity index (χ2n) is 4.35. The van der Waals surface area contributed by atoms with Crippen LogP contribution in [0.2, 0.25) is 0 Å². The summed E-state index contributed by atoms with van der Waals surface area (Å²) < 4.78 is 10.7. The van der Waals surface area contributed by atoms with Crippen LogP contribution in [-0.4, -0.2) is 25.2 Å². The molecular formula is C13H20ClNO3. The molecule has 0 saturated heterocycles. The van der Waals surface area contributed by atoms with Crippen LogP contribution in [0.15, 0.2) is 16.5 Å². The van der Waals surface area contributed by atoms with Gasteiger partial charge in [-0.25, -0.2) is 0 Å². The summed E-state index contributed by atoms with van der Waals surface area (Å²) in [6, 6.07) is 3.35. The van der Waals surface area contributed by atoms with Gasteiger partial charge in [0.25, 0.3) is 5.91 Å². The van der Waals surface area contributed by atoms with E-state index in [0.29, 0.717) is 24.7 Å². The number of amides is 1. The molecule has 0 spiro atoms. The average Bonchev–Trinajstić information content (AvgIpc) is 2.77. The first-order valence-electron chi connectivity index (χ1n) is 6.14. The van der Waals surface area contributed by atoms with E-state index in [0.717, 1.165) is 6.42 Å². The van der Waals surface area contributed by atoms with E-state index in [4.69, 9.17) is 20.8 Å². The number of furan rings is 1. The van der Waals surface area contributed by atoms with Crippen molar-refractivity contribution in [2.45, 2.75) is 38.7 Å². The van der Waals surface area contributed by atoms with Gasteiger partial charge in [-0.05, 0) is 39.3 Å². The fourth-order valence-electron chi connectivity index (χ4n) is 1.37. The molecule has 102 valence electrons. The van der Waals surface area contributed by atoms with Crippen LogP contribution in [0.1, 0.15) is 48.9 Å². The van der Waals surface area contributed by atoms with Crippen LogP contribution in [0.3, 0.4) is 0 Å². The van der Waals surface area contributed by atoms with Crippen molar-refractivity contribution in [3.63, 3.8) is 0 Å². The lowest BCUT2D eigenvalue weighted by molar-refractivity contribution is 0.0753. The molecule has 1 rings (SSSR count). The summed E-state index contributed by atoms with van der Waals surface area (Å²) >= 11 is 5.85. The van der Waals surface area contributed by atoms with Gasteiger partial charge in [0.15, 0.2) is 5.76 Å². The van der Waals surface area contributed by atoms with Crippen LogP contribution in [0.25, 0.3) is 0 Å². The van der Waals surface area contributed by atoms with Gasteiger partial charge in [0.05, 0.1) is 11.5 Å². The Balaban J connectivity index is 2.27. The van der Waals surface area contributed by atoms with E-state index >= 15 is 0 Å². The largest absolute Gasteiger partial charge is 0.454 e. The topological polar surface area (TPSA) is 51.5 Å². The van der Waals surface area contributed by atoms with Crippen LogP contribution in [0.4, 0.5) is 0 Å². The minimum atomic E-state index is -0.231. The molecule has 0 aliphatic heterocycles. The van der Waals surface area contributed by atoms with Crippen LogP contribution in [0, 0.1) is 0 Å². The maximum atomic E-state index is 11.7. The molecule has 4 nitrogen and oxygen atoms in total. The molecule has 1 unspecified atom stereocenters. The number of hydrogen-bond donors (Lipinski definition) is 1. The summed E-state index contributed by atoms with van der Waals surface area (Å²) in [5.41, 5.74) is 0. The summed E-state index contributed by atoms with van der Waals surface area (Å²) in [4.78, 5) is 11.7. The summed E-state index contributed by atoms with van der Waals surface area (Å²) in [6.45, 7) is 6.97. The predicted molar refractivity (Wildman–Crippen MR) is 71.0 cm³/mol. The summed E-state index contributed by atoms with van der Waals surface area (Å²) in [7, 11) is 0. The molecule has 0 radical (unpaired) electrons. The second kappa shape index (κ2) is 7.44. The summed E-state index contributed by atoms with van der Waals surface area (Å²) in [6.07, 6.45) is 1.00. The van der Waals surface area contributed by atoms with Crippen molar-refractivity contribution in [1.29, 1.82) is 0 Å². The Morgan fingerprint density at radius 3 is 2.72 bits per heavy atom. The van der Waals surface area contributed by atoms with Gasteiger partial charge in [-0.15, -0.1) is 11.6 Å². The van der Waals surface area contributed by atoms with Crippen LogP contribution in [-0.2, 0) is 4.74 Å². The van der Waals surface area contributed by atoms with Crippen molar-refractivity contribution < 1.29 is 13.9 Å². The number of carbonyl (C=O) groups excluding carboxylic acids is 1. The highest BCUT2D eigenvalue weighted by atomic mass is 35.5. The zero-order valence-electron chi connectivity index (χ0n) is 11.0. The van der Waals surface area contributed by atoms with Crippen molar-refractivity contribution in [2.24, 2.45) is 0 Å². The summed E-state index contributed by atoms with van der Waals surface area (Å²) in [5.74, 6) is 0.676. The quantitative estimate of drug-likeness (QED) is 0.613. The molecule has 0 bridgehead atoms. The third-order valence-electron chi connectivity index (χ3n) is 2.30. The Hall–Kier alpha value is -1.00. The predicted octanol–water partition coefficient (Wildman–Crippen LogP) is 3.12. The molecule has 1 atom stereocenters. The van der Waals surface area contributed by atoms with E-state index in [-0.39, 0.29) is 17.4 Å². The molecule has 1 N–H and O–H groups in total. The Bertz CT molecular complexity index is 374. The maximum Gasteiger partial charge on any atom is 0.286 e. The number of carbonyl (C=O) groups is 1. The summed E-state index contributed by atoms with van der Waals surface area (Å²) in [5, 5.41) is 2.54. The smallest absolute Gasteiger partial charge is 0.286 e. The SMILES string of the molecule is CC(C)OCCCNC(=O)c1ccc(C(C)Cl)o1. The highest BCUT2D eigenvalue weighted by molar-refractivity contribution is 6.20. The first-order chi connectivity index (χ1) is 8.50. The van der Waals surface area contributed by atoms with Gasteiger partial charge in [0.1, 0.15) is 5.76 Å². The van der Waals surface area contributed by atoms with E-state index in [1.807, 2.05) is 13.8 Å². The van der Waals surface area contributed by atoms with Crippen molar-refractivity contribution in [2.75, 3.05) is 13.2 Å². The van der Waals surface area contributed by atoms with Gasteiger partial charge in [-0.1, -0.05) is 0 Å². The van der Waals surface area contributed by atoms with Gasteiger partial charge in [-0.2, -0.15) is 0 Å². The first kappa shape index (κ1) is 15.1. The molecule has 1 amide bonds. The van der Waals surface area contributed by atoms with Crippen molar-refractivity contribution >= 4 is 17.5 Å². The fourth-order valence-corrected chi connectivity index (χ4v) is 1.49. The molecule has 1 aromatic heterocycles. The third-order valence-corrected chi connectivity index (χ3v) is 2.52. The Morgan fingerprint density at radius 2 is 2.17 bits per heavy atom. The lowest BCUT2D eigenvalue weighted by Gasteiger charge is -2.07. The molecule has 0 aliphatic rings. The number of hydrogen-bond acceptors (Lipinski definition) is 3. The van der Waals surface area contributed by atoms with E-state index in [1.165, 1.54) is 0 Å². The number of ether oxygens (including phenoxy) is 1. The zero-order chi connectivity index (χ0) is 13.5. The molecule has 0 saturated carbocycles. The average molecular weight is 274 g/mol. The van der Waals surface area contributed by atoms with Crippen LogP contribution < -0.4 is 5.32 Å². The van der Waals surface area contributed by atoms with Crippen molar-refractivity contribution in [1.82, 2.24) is 5.32 Å². The molecule has 1 aromatic rings. The van der Waals surface area contributed by atoms with E-state index < -0.39 is 0 Å². The number of nitrogens with one attached hydrogen (secondary N) is 1. The van der Waals surface area contributed by atoms with Gasteiger partial charge < -0.3 is 14.5 Å². The highest BCUT2D eigenvalue weighted by Crippen LogP contribution is 2.21. The normalized spacial score (nSPS) is 12.7. The minimum absolute atomic E-state index is 0.219. The maximum absolute atomic E-state index is 11.7. The Morgan fingerprint density at radius 1 is 1.44 bits per heavy atom. The molecule has 1 heterocycles. The zero-order valence-corrected chi connectivity index (χ0v) is 11.8. The molecule has 0 aromatic carbocycles.